The lowest BCUT2D eigenvalue weighted by Gasteiger charge is -2.28. The van der Waals surface area contributed by atoms with Crippen LogP contribution in [0.1, 0.15) is 37.8 Å². The van der Waals surface area contributed by atoms with Crippen LogP contribution in [0.25, 0.3) is 10.9 Å². The Hall–Kier alpha value is -1.28. The molecule has 0 saturated heterocycles. The summed E-state index contributed by atoms with van der Waals surface area (Å²) in [6.07, 6.45) is 7.26. The van der Waals surface area contributed by atoms with E-state index in [0.29, 0.717) is 0 Å². The van der Waals surface area contributed by atoms with Gasteiger partial charge in [0.15, 0.2) is 0 Å². The van der Waals surface area contributed by atoms with Crippen LogP contribution in [0.5, 0.6) is 0 Å². The van der Waals surface area contributed by atoms with Gasteiger partial charge in [0.25, 0.3) is 0 Å². The highest BCUT2D eigenvalue weighted by molar-refractivity contribution is 5.81. The average molecular weight is 228 g/mol. The maximum absolute atomic E-state index is 5.85. The third-order valence-corrected chi connectivity index (χ3v) is 3.81. The van der Waals surface area contributed by atoms with Crippen LogP contribution in [-0.4, -0.2) is 10.6 Å². The molecule has 0 aliphatic heterocycles. The SMILES string of the molecule is CC(N)Cc1ccc2c(ccn2C2CCC2)c1. The number of aromatic nitrogens is 1. The fraction of sp³-hybridized carbons (Fsp3) is 0.467. The molecule has 1 aliphatic rings. The highest BCUT2D eigenvalue weighted by atomic mass is 15.0. The zero-order valence-electron chi connectivity index (χ0n) is 10.4. The summed E-state index contributed by atoms with van der Waals surface area (Å²) in [6, 6.07) is 9.98. The maximum Gasteiger partial charge on any atom is 0.0483 e. The first-order chi connectivity index (χ1) is 8.24. The Balaban J connectivity index is 1.95. The zero-order chi connectivity index (χ0) is 11.8. The van der Waals surface area contributed by atoms with Crippen LogP contribution in [0.3, 0.4) is 0 Å². The molecule has 1 atom stereocenters. The van der Waals surface area contributed by atoms with Gasteiger partial charge in [0, 0.05) is 23.8 Å². The first-order valence-electron chi connectivity index (χ1n) is 6.59. The molecular formula is C15H20N2. The molecule has 2 heteroatoms. The third-order valence-electron chi connectivity index (χ3n) is 3.81. The highest BCUT2D eigenvalue weighted by Gasteiger charge is 2.20. The molecule has 17 heavy (non-hydrogen) atoms. The fourth-order valence-corrected chi connectivity index (χ4v) is 2.70. The second-order valence-corrected chi connectivity index (χ2v) is 5.38. The van der Waals surface area contributed by atoms with Crippen LogP contribution in [0, 0.1) is 0 Å². The monoisotopic (exact) mass is 228 g/mol. The summed E-state index contributed by atoms with van der Waals surface area (Å²) in [6.45, 7) is 2.06. The molecule has 0 bridgehead atoms. The lowest BCUT2D eigenvalue weighted by molar-refractivity contribution is 0.321. The quantitative estimate of drug-likeness (QED) is 0.859. The van der Waals surface area contributed by atoms with Crippen molar-refractivity contribution in [2.75, 3.05) is 0 Å². The van der Waals surface area contributed by atoms with E-state index in [9.17, 15) is 0 Å². The number of fused-ring (bicyclic) bond motifs is 1. The normalized spacial score (nSPS) is 18.2. The van der Waals surface area contributed by atoms with Gasteiger partial charge in [-0.3, -0.25) is 0 Å². The summed E-state index contributed by atoms with van der Waals surface area (Å²) in [5.41, 5.74) is 8.57. The fourth-order valence-electron chi connectivity index (χ4n) is 2.70. The van der Waals surface area contributed by atoms with Crippen LogP contribution in [0.15, 0.2) is 30.5 Å². The summed E-state index contributed by atoms with van der Waals surface area (Å²) < 4.78 is 2.44. The van der Waals surface area contributed by atoms with Gasteiger partial charge in [0.05, 0.1) is 0 Å². The summed E-state index contributed by atoms with van der Waals surface area (Å²) in [5, 5.41) is 1.36. The first-order valence-corrected chi connectivity index (χ1v) is 6.59. The van der Waals surface area contributed by atoms with E-state index < -0.39 is 0 Å². The standard InChI is InChI=1S/C15H20N2/c1-11(16)9-12-5-6-15-13(10-12)7-8-17(15)14-3-2-4-14/h5-8,10-11,14H,2-4,9,16H2,1H3. The summed E-state index contributed by atoms with van der Waals surface area (Å²) in [5.74, 6) is 0. The van der Waals surface area contributed by atoms with Crippen molar-refractivity contribution >= 4 is 10.9 Å². The molecule has 1 aromatic heterocycles. The Bertz CT molecular complexity index is 521. The van der Waals surface area contributed by atoms with E-state index in [4.69, 9.17) is 5.73 Å². The number of rotatable bonds is 3. The van der Waals surface area contributed by atoms with E-state index >= 15 is 0 Å². The third kappa shape index (κ3) is 1.98. The van der Waals surface area contributed by atoms with Crippen LogP contribution in [-0.2, 0) is 6.42 Å². The van der Waals surface area contributed by atoms with E-state index in [1.807, 2.05) is 0 Å². The number of benzene rings is 1. The van der Waals surface area contributed by atoms with Crippen molar-refractivity contribution in [3.8, 4) is 0 Å². The first kappa shape index (κ1) is 10.8. The Kier molecular flexibility index (Phi) is 2.67. The van der Waals surface area contributed by atoms with Gasteiger partial charge in [-0.05, 0) is 61.8 Å². The second-order valence-electron chi connectivity index (χ2n) is 5.38. The molecule has 0 spiro atoms. The van der Waals surface area contributed by atoms with E-state index in [0.717, 1.165) is 12.5 Å². The summed E-state index contributed by atoms with van der Waals surface area (Å²) in [4.78, 5) is 0. The minimum absolute atomic E-state index is 0.237. The van der Waals surface area contributed by atoms with Crippen molar-refractivity contribution in [3.05, 3.63) is 36.0 Å². The molecule has 1 fully saturated rings. The Morgan fingerprint density at radius 1 is 1.35 bits per heavy atom. The number of nitrogens with zero attached hydrogens (tertiary/aromatic N) is 1. The number of hydrogen-bond acceptors (Lipinski definition) is 1. The van der Waals surface area contributed by atoms with Gasteiger partial charge >= 0.3 is 0 Å². The molecule has 2 nitrogen and oxygen atoms in total. The van der Waals surface area contributed by atoms with Crippen molar-refractivity contribution in [1.82, 2.24) is 4.57 Å². The Labute approximate surface area is 102 Å². The molecule has 1 unspecified atom stereocenters. The molecule has 2 aromatic rings. The Morgan fingerprint density at radius 3 is 2.82 bits per heavy atom. The minimum atomic E-state index is 0.237. The predicted octanol–water partition coefficient (Wildman–Crippen LogP) is 3.26. The number of hydrogen-bond donors (Lipinski definition) is 1. The summed E-state index contributed by atoms with van der Waals surface area (Å²) >= 11 is 0. The maximum atomic E-state index is 5.85. The molecule has 1 heterocycles. The van der Waals surface area contributed by atoms with E-state index in [-0.39, 0.29) is 6.04 Å². The van der Waals surface area contributed by atoms with Crippen molar-refractivity contribution in [2.24, 2.45) is 5.73 Å². The van der Waals surface area contributed by atoms with E-state index in [1.165, 1.54) is 35.7 Å². The molecule has 1 saturated carbocycles. The van der Waals surface area contributed by atoms with Crippen molar-refractivity contribution < 1.29 is 0 Å². The number of nitrogens with two attached hydrogens (primary N) is 1. The molecule has 3 rings (SSSR count). The van der Waals surface area contributed by atoms with Crippen molar-refractivity contribution in [2.45, 2.75) is 44.7 Å². The van der Waals surface area contributed by atoms with Crippen LogP contribution in [0.2, 0.25) is 0 Å². The smallest absolute Gasteiger partial charge is 0.0483 e. The van der Waals surface area contributed by atoms with Gasteiger partial charge < -0.3 is 10.3 Å². The highest BCUT2D eigenvalue weighted by Crippen LogP contribution is 2.34. The van der Waals surface area contributed by atoms with Gasteiger partial charge in [0.2, 0.25) is 0 Å². The van der Waals surface area contributed by atoms with Gasteiger partial charge in [0.1, 0.15) is 0 Å². The van der Waals surface area contributed by atoms with E-state index in [1.54, 1.807) is 0 Å². The molecule has 1 aromatic carbocycles. The Morgan fingerprint density at radius 2 is 2.18 bits per heavy atom. The van der Waals surface area contributed by atoms with Crippen LogP contribution >= 0.6 is 0 Å². The van der Waals surface area contributed by atoms with Gasteiger partial charge in [-0.2, -0.15) is 0 Å². The minimum Gasteiger partial charge on any atom is -0.344 e. The molecular weight excluding hydrogens is 208 g/mol. The lowest BCUT2D eigenvalue weighted by atomic mass is 9.93. The lowest BCUT2D eigenvalue weighted by Crippen LogP contribution is -2.17. The van der Waals surface area contributed by atoms with E-state index in [2.05, 4.69) is 42.0 Å². The van der Waals surface area contributed by atoms with Crippen LogP contribution in [0.4, 0.5) is 0 Å². The average Bonchev–Trinajstić information content (AvgIpc) is 2.58. The molecule has 0 amide bonds. The topological polar surface area (TPSA) is 30.9 Å². The second kappa shape index (κ2) is 4.19. The van der Waals surface area contributed by atoms with Gasteiger partial charge in [-0.25, -0.2) is 0 Å². The zero-order valence-corrected chi connectivity index (χ0v) is 10.4. The van der Waals surface area contributed by atoms with Crippen molar-refractivity contribution in [1.29, 1.82) is 0 Å². The van der Waals surface area contributed by atoms with Crippen molar-refractivity contribution in [3.63, 3.8) is 0 Å². The predicted molar refractivity (Wildman–Crippen MR) is 72.2 cm³/mol. The largest absolute Gasteiger partial charge is 0.344 e. The molecule has 90 valence electrons. The summed E-state index contributed by atoms with van der Waals surface area (Å²) in [7, 11) is 0. The van der Waals surface area contributed by atoms with Gasteiger partial charge in [-0.15, -0.1) is 0 Å². The molecule has 0 radical (unpaired) electrons. The van der Waals surface area contributed by atoms with Crippen LogP contribution < -0.4 is 5.73 Å². The molecule has 1 aliphatic carbocycles. The van der Waals surface area contributed by atoms with Gasteiger partial charge in [-0.1, -0.05) is 6.07 Å². The molecule has 2 N–H and O–H groups in total.